The van der Waals surface area contributed by atoms with Crippen molar-refractivity contribution in [3.05, 3.63) is 82.7 Å². The van der Waals surface area contributed by atoms with Crippen LogP contribution < -0.4 is 4.90 Å². The highest BCUT2D eigenvalue weighted by atomic mass is 16.6. The van der Waals surface area contributed by atoms with Gasteiger partial charge in [-0.25, -0.2) is 4.79 Å². The monoisotopic (exact) mass is 554 g/mol. The summed E-state index contributed by atoms with van der Waals surface area (Å²) < 4.78 is 12.0. The number of hydrogen-bond donors (Lipinski definition) is 0. The zero-order valence-corrected chi connectivity index (χ0v) is 26.1. The van der Waals surface area contributed by atoms with Crippen molar-refractivity contribution < 1.29 is 14.3 Å². The number of carbonyl (C=O) groups excluding carboxylic acids is 1. The van der Waals surface area contributed by atoms with Crippen molar-refractivity contribution in [2.75, 3.05) is 24.6 Å². The molecule has 1 fully saturated rings. The van der Waals surface area contributed by atoms with Crippen LogP contribution in [0.4, 0.5) is 5.69 Å². The van der Waals surface area contributed by atoms with Crippen LogP contribution in [-0.2, 0) is 14.3 Å². The summed E-state index contributed by atoms with van der Waals surface area (Å²) in [6.07, 6.45) is 5.56. The van der Waals surface area contributed by atoms with Crippen molar-refractivity contribution in [1.29, 1.82) is 0 Å². The first-order valence-electron chi connectivity index (χ1n) is 14.8. The summed E-state index contributed by atoms with van der Waals surface area (Å²) in [4.78, 5) is 20.8. The summed E-state index contributed by atoms with van der Waals surface area (Å²) >= 11 is 0. The molecule has 0 unspecified atom stereocenters. The van der Waals surface area contributed by atoms with Gasteiger partial charge in [0.25, 0.3) is 0 Å². The number of anilines is 1. The molecule has 4 rings (SSSR count). The second-order valence-corrected chi connectivity index (χ2v) is 12.8. The Morgan fingerprint density at radius 1 is 0.951 bits per heavy atom. The minimum absolute atomic E-state index is 0.284. The quantitative estimate of drug-likeness (QED) is 0.261. The maximum atomic E-state index is 13.4. The highest BCUT2D eigenvalue weighted by Crippen LogP contribution is 2.42. The van der Waals surface area contributed by atoms with Gasteiger partial charge in [0, 0.05) is 35.6 Å². The van der Waals surface area contributed by atoms with Gasteiger partial charge in [0.1, 0.15) is 0 Å². The average Bonchev–Trinajstić information content (AvgIpc) is 2.92. The van der Waals surface area contributed by atoms with Crippen LogP contribution in [0.15, 0.2) is 54.6 Å². The van der Waals surface area contributed by atoms with Crippen molar-refractivity contribution in [3.63, 3.8) is 0 Å². The van der Waals surface area contributed by atoms with E-state index in [0.717, 1.165) is 59.7 Å². The molecule has 5 heteroatoms. The van der Waals surface area contributed by atoms with Crippen molar-refractivity contribution in [1.82, 2.24) is 4.98 Å². The lowest BCUT2D eigenvalue weighted by Gasteiger charge is -2.41. The fourth-order valence-corrected chi connectivity index (χ4v) is 5.44. The second kappa shape index (κ2) is 12.6. The number of aryl methyl sites for hydroxylation is 2. The predicted molar refractivity (Wildman–Crippen MR) is 170 cm³/mol. The zero-order valence-electron chi connectivity index (χ0n) is 26.1. The number of rotatable bonds is 8. The standard InChI is InChI=1S/C36H46N2O3/c1-9-40-34(39)33(41-35(4,5)6)31-26(3)37-25(2)30(32(31)38-23-21-36(7,8)22-24-38)20-17-27-15-18-29(19-16-27)28-13-11-10-12-14-28/h10-20,33H,9,21-24H2,1-8H3/b20-17+/t33-/m0/s1. The summed E-state index contributed by atoms with van der Waals surface area (Å²) in [6, 6.07) is 19.0. The smallest absolute Gasteiger partial charge is 0.340 e. The van der Waals surface area contributed by atoms with E-state index in [1.54, 1.807) is 0 Å². The van der Waals surface area contributed by atoms with Gasteiger partial charge >= 0.3 is 5.97 Å². The molecular weight excluding hydrogens is 508 g/mol. The summed E-state index contributed by atoms with van der Waals surface area (Å²) in [5, 5.41) is 0. The molecule has 1 aromatic heterocycles. The molecule has 41 heavy (non-hydrogen) atoms. The van der Waals surface area contributed by atoms with E-state index in [9.17, 15) is 4.79 Å². The topological polar surface area (TPSA) is 51.7 Å². The molecule has 2 heterocycles. The lowest BCUT2D eigenvalue weighted by atomic mass is 9.82. The second-order valence-electron chi connectivity index (χ2n) is 12.8. The van der Waals surface area contributed by atoms with Gasteiger partial charge in [0.05, 0.1) is 17.9 Å². The molecule has 218 valence electrons. The SMILES string of the molecule is CCOC(=O)[C@@H](OC(C)(C)C)c1c(C)nc(C)c(/C=C/c2ccc(-c3ccccc3)cc2)c1N1CCC(C)(C)CC1. The van der Waals surface area contributed by atoms with Crippen LogP contribution in [0.25, 0.3) is 23.3 Å². The largest absolute Gasteiger partial charge is 0.464 e. The third-order valence-electron chi connectivity index (χ3n) is 7.75. The van der Waals surface area contributed by atoms with Crippen molar-refractivity contribution in [2.24, 2.45) is 5.41 Å². The number of benzene rings is 2. The zero-order chi connectivity index (χ0) is 29.8. The number of nitrogens with zero attached hydrogens (tertiary/aromatic N) is 2. The first kappa shape index (κ1) is 30.5. The Kier molecular flexibility index (Phi) is 9.38. The van der Waals surface area contributed by atoms with Crippen molar-refractivity contribution in [2.45, 2.75) is 79.9 Å². The molecule has 3 aromatic rings. The van der Waals surface area contributed by atoms with Crippen molar-refractivity contribution >= 4 is 23.8 Å². The highest BCUT2D eigenvalue weighted by Gasteiger charge is 2.36. The lowest BCUT2D eigenvalue weighted by molar-refractivity contribution is -0.166. The molecule has 1 aliphatic heterocycles. The lowest BCUT2D eigenvalue weighted by Crippen LogP contribution is -2.39. The Morgan fingerprint density at radius 3 is 2.15 bits per heavy atom. The molecule has 0 radical (unpaired) electrons. The van der Waals surface area contributed by atoms with Crippen LogP contribution in [0.5, 0.6) is 0 Å². The van der Waals surface area contributed by atoms with Gasteiger partial charge in [-0.15, -0.1) is 0 Å². The average molecular weight is 555 g/mol. The van der Waals surface area contributed by atoms with Crippen LogP contribution in [-0.4, -0.2) is 36.3 Å². The van der Waals surface area contributed by atoms with Gasteiger partial charge in [-0.2, -0.15) is 0 Å². The summed E-state index contributed by atoms with van der Waals surface area (Å²) in [7, 11) is 0. The molecular formula is C36H46N2O3. The fourth-order valence-electron chi connectivity index (χ4n) is 5.44. The molecule has 0 aliphatic carbocycles. The number of aromatic nitrogens is 1. The first-order valence-corrected chi connectivity index (χ1v) is 14.8. The number of esters is 1. The molecule has 0 bridgehead atoms. The maximum absolute atomic E-state index is 13.4. The Bertz CT molecular complexity index is 1360. The summed E-state index contributed by atoms with van der Waals surface area (Å²) in [6.45, 7) is 18.5. The Morgan fingerprint density at radius 2 is 1.56 bits per heavy atom. The van der Waals surface area contributed by atoms with Gasteiger partial charge in [-0.3, -0.25) is 4.98 Å². The van der Waals surface area contributed by atoms with Gasteiger partial charge in [-0.05, 0) is 76.5 Å². The van der Waals surface area contributed by atoms with Crippen LogP contribution >= 0.6 is 0 Å². The number of ether oxygens (including phenoxy) is 2. The predicted octanol–water partition coefficient (Wildman–Crippen LogP) is 8.58. The Balaban J connectivity index is 1.82. The van der Waals surface area contributed by atoms with Gasteiger partial charge < -0.3 is 14.4 Å². The van der Waals surface area contributed by atoms with Crippen LogP contribution in [0.2, 0.25) is 0 Å². The van der Waals surface area contributed by atoms with E-state index in [1.165, 1.54) is 11.1 Å². The maximum Gasteiger partial charge on any atom is 0.340 e. The molecule has 1 aliphatic rings. The first-order chi connectivity index (χ1) is 19.4. The van der Waals surface area contributed by atoms with E-state index < -0.39 is 11.7 Å². The molecule has 0 N–H and O–H groups in total. The van der Waals surface area contributed by atoms with E-state index in [4.69, 9.17) is 14.5 Å². The molecule has 2 aromatic carbocycles. The van der Waals surface area contributed by atoms with Gasteiger partial charge in [0.2, 0.25) is 0 Å². The molecule has 5 nitrogen and oxygen atoms in total. The number of hydrogen-bond acceptors (Lipinski definition) is 5. The molecule has 0 saturated carbocycles. The van der Waals surface area contributed by atoms with Gasteiger partial charge in [0.15, 0.2) is 6.10 Å². The minimum Gasteiger partial charge on any atom is -0.464 e. The van der Waals surface area contributed by atoms with Crippen LogP contribution in [0.3, 0.4) is 0 Å². The molecule has 0 spiro atoms. The minimum atomic E-state index is -0.870. The Hall–Kier alpha value is -3.44. The number of piperidine rings is 1. The van der Waals surface area contributed by atoms with E-state index in [2.05, 4.69) is 86.4 Å². The van der Waals surface area contributed by atoms with E-state index in [1.807, 2.05) is 40.7 Å². The third-order valence-corrected chi connectivity index (χ3v) is 7.75. The third kappa shape index (κ3) is 7.65. The summed E-state index contributed by atoms with van der Waals surface area (Å²) in [5.41, 5.74) is 7.81. The van der Waals surface area contributed by atoms with Crippen LogP contribution in [0.1, 0.15) is 88.6 Å². The van der Waals surface area contributed by atoms with Crippen molar-refractivity contribution in [3.8, 4) is 11.1 Å². The van der Waals surface area contributed by atoms with E-state index >= 15 is 0 Å². The molecule has 1 atom stereocenters. The Labute approximate surface area is 246 Å². The van der Waals surface area contributed by atoms with Crippen LogP contribution in [0, 0.1) is 19.3 Å². The molecule has 1 saturated heterocycles. The number of pyridine rings is 1. The van der Waals surface area contributed by atoms with Gasteiger partial charge in [-0.1, -0.05) is 80.6 Å². The normalized spacial score (nSPS) is 16.1. The highest BCUT2D eigenvalue weighted by molar-refractivity contribution is 5.86. The number of carbonyl (C=O) groups is 1. The van der Waals surface area contributed by atoms with E-state index in [-0.39, 0.29) is 11.4 Å². The summed E-state index contributed by atoms with van der Waals surface area (Å²) in [5.74, 6) is -0.374. The fraction of sp³-hybridized carbons (Fsp3) is 0.444. The molecule has 0 amide bonds. The van der Waals surface area contributed by atoms with E-state index in [0.29, 0.717) is 6.61 Å².